The molecule has 0 bridgehead atoms. The first-order valence-electron chi connectivity index (χ1n) is 10.4. The van der Waals surface area contributed by atoms with Gasteiger partial charge in [0.2, 0.25) is 11.8 Å². The molecule has 1 heterocycles. The average molecular weight is 389 g/mol. The first-order valence-corrected chi connectivity index (χ1v) is 10.4. The molecule has 2 atom stereocenters. The van der Waals surface area contributed by atoms with Crippen LogP contribution in [0, 0.1) is 5.92 Å². The molecule has 28 heavy (non-hydrogen) atoms. The van der Waals surface area contributed by atoms with Crippen molar-refractivity contribution in [1.82, 2.24) is 10.2 Å². The van der Waals surface area contributed by atoms with Gasteiger partial charge in [0.25, 0.3) is 0 Å². The van der Waals surface area contributed by atoms with E-state index in [0.717, 1.165) is 18.4 Å². The van der Waals surface area contributed by atoms with E-state index >= 15 is 0 Å². The summed E-state index contributed by atoms with van der Waals surface area (Å²) in [4.78, 5) is 27.8. The summed E-state index contributed by atoms with van der Waals surface area (Å²) in [5, 5.41) is 3.27. The molecule has 2 fully saturated rings. The maximum atomic E-state index is 13.3. The SMILES string of the molecule is COCCN1C(=O)CC[C@@H](C(=O)NC2CCCCC2)[C@@H]1c1ccccc1OC. The van der Waals surface area contributed by atoms with Crippen LogP contribution in [0.4, 0.5) is 0 Å². The van der Waals surface area contributed by atoms with Gasteiger partial charge in [0.15, 0.2) is 0 Å². The topological polar surface area (TPSA) is 67.9 Å². The summed E-state index contributed by atoms with van der Waals surface area (Å²) in [5.41, 5.74) is 0.887. The maximum Gasteiger partial charge on any atom is 0.225 e. The average Bonchev–Trinajstić information content (AvgIpc) is 2.73. The standard InChI is InChI=1S/C22H32N2O4/c1-27-15-14-24-20(25)13-12-18(22(26)23-16-8-4-3-5-9-16)21(24)17-10-6-7-11-19(17)28-2/h6-7,10-11,16,18,21H,3-5,8-9,12-15H2,1-2H3,(H,23,26)/t18-,21+/m1/s1. The van der Waals surface area contributed by atoms with Crippen molar-refractivity contribution < 1.29 is 19.1 Å². The number of para-hydroxylation sites is 1. The van der Waals surface area contributed by atoms with E-state index in [2.05, 4.69) is 5.32 Å². The second-order valence-electron chi connectivity index (χ2n) is 7.76. The molecule has 2 amide bonds. The van der Waals surface area contributed by atoms with Gasteiger partial charge in [0.05, 0.1) is 25.7 Å². The Morgan fingerprint density at radius 2 is 1.89 bits per heavy atom. The van der Waals surface area contributed by atoms with E-state index < -0.39 is 0 Å². The summed E-state index contributed by atoms with van der Waals surface area (Å²) in [6.45, 7) is 0.902. The number of carbonyl (C=O) groups excluding carboxylic acids is 2. The van der Waals surface area contributed by atoms with Gasteiger partial charge in [-0.05, 0) is 25.3 Å². The predicted molar refractivity (Wildman–Crippen MR) is 107 cm³/mol. The highest BCUT2D eigenvalue weighted by Crippen LogP contribution is 2.40. The lowest BCUT2D eigenvalue weighted by molar-refractivity contribution is -0.144. The Labute approximate surface area is 167 Å². The van der Waals surface area contributed by atoms with E-state index in [1.807, 2.05) is 24.3 Å². The van der Waals surface area contributed by atoms with Gasteiger partial charge in [-0.15, -0.1) is 0 Å². The van der Waals surface area contributed by atoms with Gasteiger partial charge in [-0.3, -0.25) is 9.59 Å². The second kappa shape index (κ2) is 9.92. The molecule has 0 unspecified atom stereocenters. The van der Waals surface area contributed by atoms with Crippen LogP contribution < -0.4 is 10.1 Å². The number of rotatable bonds is 7. The molecule has 1 saturated heterocycles. The largest absolute Gasteiger partial charge is 0.496 e. The quantitative estimate of drug-likeness (QED) is 0.779. The van der Waals surface area contributed by atoms with Crippen LogP contribution in [-0.4, -0.2) is 50.1 Å². The van der Waals surface area contributed by atoms with Crippen LogP contribution in [0.15, 0.2) is 24.3 Å². The summed E-state index contributed by atoms with van der Waals surface area (Å²) in [6.07, 6.45) is 6.63. The molecule has 1 aliphatic carbocycles. The molecule has 154 valence electrons. The van der Waals surface area contributed by atoms with Crippen molar-refractivity contribution in [2.24, 2.45) is 5.92 Å². The Kier molecular flexibility index (Phi) is 7.31. The molecule has 1 aromatic carbocycles. The van der Waals surface area contributed by atoms with Gasteiger partial charge in [-0.25, -0.2) is 0 Å². The number of benzene rings is 1. The summed E-state index contributed by atoms with van der Waals surface area (Å²) in [5.74, 6) is 0.542. The van der Waals surface area contributed by atoms with Gasteiger partial charge in [-0.2, -0.15) is 0 Å². The zero-order chi connectivity index (χ0) is 19.9. The van der Waals surface area contributed by atoms with E-state index in [4.69, 9.17) is 9.47 Å². The monoisotopic (exact) mass is 388 g/mol. The molecule has 6 nitrogen and oxygen atoms in total. The Morgan fingerprint density at radius 1 is 1.14 bits per heavy atom. The number of hydrogen-bond acceptors (Lipinski definition) is 4. The Morgan fingerprint density at radius 3 is 2.61 bits per heavy atom. The van der Waals surface area contributed by atoms with Gasteiger partial charge in [-0.1, -0.05) is 37.5 Å². The van der Waals surface area contributed by atoms with Gasteiger partial charge < -0.3 is 19.7 Å². The molecule has 1 aliphatic heterocycles. The fourth-order valence-electron chi connectivity index (χ4n) is 4.53. The third kappa shape index (κ3) is 4.66. The number of nitrogens with zero attached hydrogens (tertiary/aromatic N) is 1. The highest BCUT2D eigenvalue weighted by molar-refractivity contribution is 5.85. The van der Waals surface area contributed by atoms with E-state index in [9.17, 15) is 9.59 Å². The molecule has 1 aromatic rings. The molecular formula is C22H32N2O4. The smallest absolute Gasteiger partial charge is 0.225 e. The summed E-state index contributed by atoms with van der Waals surface area (Å²) in [6, 6.07) is 7.60. The van der Waals surface area contributed by atoms with Crippen LogP contribution in [0.1, 0.15) is 56.6 Å². The zero-order valence-corrected chi connectivity index (χ0v) is 17.0. The van der Waals surface area contributed by atoms with Crippen molar-refractivity contribution in [2.75, 3.05) is 27.4 Å². The van der Waals surface area contributed by atoms with Gasteiger partial charge in [0.1, 0.15) is 5.75 Å². The lowest BCUT2D eigenvalue weighted by Crippen LogP contribution is -2.50. The van der Waals surface area contributed by atoms with Crippen LogP contribution >= 0.6 is 0 Å². The second-order valence-corrected chi connectivity index (χ2v) is 7.76. The summed E-state index contributed by atoms with van der Waals surface area (Å²) >= 11 is 0. The minimum atomic E-state index is -0.337. The molecule has 0 radical (unpaired) electrons. The molecular weight excluding hydrogens is 356 g/mol. The lowest BCUT2D eigenvalue weighted by Gasteiger charge is -2.41. The lowest BCUT2D eigenvalue weighted by atomic mass is 9.82. The highest BCUT2D eigenvalue weighted by atomic mass is 16.5. The highest BCUT2D eigenvalue weighted by Gasteiger charge is 2.42. The molecule has 1 saturated carbocycles. The molecule has 0 aromatic heterocycles. The molecule has 0 spiro atoms. The van der Waals surface area contributed by atoms with Crippen molar-refractivity contribution >= 4 is 11.8 Å². The number of carbonyl (C=O) groups is 2. The minimum Gasteiger partial charge on any atom is -0.496 e. The molecule has 3 rings (SSSR count). The summed E-state index contributed by atoms with van der Waals surface area (Å²) < 4.78 is 10.8. The maximum absolute atomic E-state index is 13.3. The number of amides is 2. The Balaban J connectivity index is 1.89. The number of nitrogens with one attached hydrogen (secondary N) is 1. The molecule has 6 heteroatoms. The number of ether oxygens (including phenoxy) is 2. The Hall–Kier alpha value is -2.08. The van der Waals surface area contributed by atoms with Crippen LogP contribution in [-0.2, 0) is 14.3 Å². The predicted octanol–water partition coefficient (Wildman–Crippen LogP) is 3.07. The van der Waals surface area contributed by atoms with Crippen LogP contribution in [0.3, 0.4) is 0 Å². The fourth-order valence-corrected chi connectivity index (χ4v) is 4.53. The summed E-state index contributed by atoms with van der Waals surface area (Å²) in [7, 11) is 3.25. The van der Waals surface area contributed by atoms with E-state index in [0.29, 0.717) is 31.7 Å². The number of methoxy groups -OCH3 is 2. The fraction of sp³-hybridized carbons (Fsp3) is 0.636. The van der Waals surface area contributed by atoms with E-state index in [1.54, 1.807) is 19.1 Å². The first-order chi connectivity index (χ1) is 13.7. The number of piperidine rings is 1. The van der Waals surface area contributed by atoms with Crippen molar-refractivity contribution in [3.63, 3.8) is 0 Å². The van der Waals surface area contributed by atoms with Crippen molar-refractivity contribution in [2.45, 2.75) is 57.0 Å². The third-order valence-corrected chi connectivity index (χ3v) is 5.99. The number of likely N-dealkylation sites (tertiary alicyclic amines) is 1. The molecule has 2 aliphatic rings. The van der Waals surface area contributed by atoms with Gasteiger partial charge in [0, 0.05) is 31.7 Å². The van der Waals surface area contributed by atoms with Gasteiger partial charge >= 0.3 is 0 Å². The van der Waals surface area contributed by atoms with E-state index in [1.165, 1.54) is 19.3 Å². The normalized spacial score (nSPS) is 23.5. The van der Waals surface area contributed by atoms with Crippen LogP contribution in [0.5, 0.6) is 5.75 Å². The zero-order valence-electron chi connectivity index (χ0n) is 17.0. The Bertz CT molecular complexity index is 672. The first kappa shape index (κ1) is 20.6. The molecule has 1 N–H and O–H groups in total. The van der Waals surface area contributed by atoms with Crippen molar-refractivity contribution in [3.05, 3.63) is 29.8 Å². The van der Waals surface area contributed by atoms with Crippen LogP contribution in [0.2, 0.25) is 0 Å². The van der Waals surface area contributed by atoms with Crippen LogP contribution in [0.25, 0.3) is 0 Å². The van der Waals surface area contributed by atoms with Crippen molar-refractivity contribution in [3.8, 4) is 5.75 Å². The van der Waals surface area contributed by atoms with Crippen molar-refractivity contribution in [1.29, 1.82) is 0 Å². The number of hydrogen-bond donors (Lipinski definition) is 1. The minimum absolute atomic E-state index is 0.0534. The van der Waals surface area contributed by atoms with E-state index in [-0.39, 0.29) is 29.8 Å². The third-order valence-electron chi connectivity index (χ3n) is 5.99.